The minimum atomic E-state index is -0.889. The average molecular weight is 377 g/mol. The number of pyridine rings is 1. The van der Waals surface area contributed by atoms with Crippen molar-refractivity contribution in [3.05, 3.63) is 68.8 Å². The second kappa shape index (κ2) is 6.92. The Morgan fingerprint density at radius 2 is 1.92 bits per heavy atom. The number of nitrogens with zero attached hydrogens (tertiary/aromatic N) is 3. The number of aromatic nitrogens is 1. The highest BCUT2D eigenvalue weighted by atomic mass is 35.5. The molecule has 0 fully saturated rings. The molecule has 0 spiro atoms. The van der Waals surface area contributed by atoms with Crippen molar-refractivity contribution in [2.75, 3.05) is 5.01 Å². The molecule has 2 N–H and O–H groups in total. The molecule has 0 bridgehead atoms. The third-order valence-electron chi connectivity index (χ3n) is 3.22. The number of para-hydroxylation sites is 1. The first-order valence-electron chi connectivity index (χ1n) is 6.93. The molecule has 3 aromatic rings. The van der Waals surface area contributed by atoms with Crippen LogP contribution in [0.1, 0.15) is 5.56 Å². The van der Waals surface area contributed by atoms with E-state index in [1.165, 1.54) is 24.6 Å². The molecule has 2 heterocycles. The minimum Gasteiger partial charge on any atom is -0.463 e. The third-order valence-corrected chi connectivity index (χ3v) is 3.61. The first-order chi connectivity index (χ1) is 12.0. The van der Waals surface area contributed by atoms with E-state index in [2.05, 4.69) is 10.1 Å². The second-order valence-electron chi connectivity index (χ2n) is 4.88. The Hall–Kier alpha value is -2.90. The summed E-state index contributed by atoms with van der Waals surface area (Å²) in [6, 6.07) is 8.61. The molecule has 1 aromatic carbocycles. The number of hydrazone groups is 1. The van der Waals surface area contributed by atoms with E-state index >= 15 is 0 Å². The van der Waals surface area contributed by atoms with Gasteiger partial charge in [-0.2, -0.15) is 10.1 Å². The van der Waals surface area contributed by atoms with Crippen molar-refractivity contribution in [1.29, 1.82) is 0 Å². The van der Waals surface area contributed by atoms with Gasteiger partial charge in [-0.25, -0.2) is 9.78 Å². The zero-order valence-electron chi connectivity index (χ0n) is 12.5. The van der Waals surface area contributed by atoms with E-state index < -0.39 is 6.03 Å². The lowest BCUT2D eigenvalue weighted by Gasteiger charge is -2.14. The van der Waals surface area contributed by atoms with Gasteiger partial charge in [-0.1, -0.05) is 35.3 Å². The van der Waals surface area contributed by atoms with Crippen molar-refractivity contribution in [2.45, 2.75) is 0 Å². The number of hydrogen-bond acceptors (Lipinski definition) is 5. The third kappa shape index (κ3) is 3.62. The maximum Gasteiger partial charge on any atom is 0.340 e. The number of hydrogen-bond donors (Lipinski definition) is 1. The van der Waals surface area contributed by atoms with Crippen LogP contribution in [0.25, 0.3) is 11.0 Å². The van der Waals surface area contributed by atoms with Gasteiger partial charge < -0.3 is 10.2 Å². The van der Waals surface area contributed by atoms with Gasteiger partial charge in [0.15, 0.2) is 0 Å². The summed E-state index contributed by atoms with van der Waals surface area (Å²) in [5.41, 5.74) is 5.84. The van der Waals surface area contributed by atoms with E-state index in [9.17, 15) is 9.59 Å². The van der Waals surface area contributed by atoms with Crippen LogP contribution < -0.4 is 16.2 Å². The second-order valence-corrected chi connectivity index (χ2v) is 5.66. The van der Waals surface area contributed by atoms with Crippen molar-refractivity contribution in [2.24, 2.45) is 10.8 Å². The number of anilines is 1. The van der Waals surface area contributed by atoms with Gasteiger partial charge in [0.05, 0.1) is 22.9 Å². The first-order valence-corrected chi connectivity index (χ1v) is 7.68. The molecule has 0 saturated carbocycles. The quantitative estimate of drug-likeness (QED) is 0.429. The molecule has 0 aliphatic rings. The summed E-state index contributed by atoms with van der Waals surface area (Å²) in [5.74, 6) is 0. The molecule has 0 aliphatic heterocycles. The Labute approximate surface area is 151 Å². The predicted molar refractivity (Wildman–Crippen MR) is 96.4 cm³/mol. The molecule has 25 heavy (non-hydrogen) atoms. The van der Waals surface area contributed by atoms with Crippen molar-refractivity contribution in [1.82, 2.24) is 4.98 Å². The van der Waals surface area contributed by atoms with Gasteiger partial charge in [-0.05, 0) is 12.1 Å². The van der Waals surface area contributed by atoms with Gasteiger partial charge in [0, 0.05) is 12.1 Å². The largest absolute Gasteiger partial charge is 0.463 e. The van der Waals surface area contributed by atoms with Crippen LogP contribution in [0.5, 0.6) is 0 Å². The molecule has 2 amide bonds. The standard InChI is InChI=1S/C16H10Cl2N4O3/c17-13-5-10(6-14(18)21-13)22(16(19)24)20-7-9-8-25-12-4-2-1-3-11(12)15(9)23/h1-8H,(H2,19,24)/b20-7+. The van der Waals surface area contributed by atoms with Crippen molar-refractivity contribution in [3.63, 3.8) is 0 Å². The Morgan fingerprint density at radius 1 is 1.24 bits per heavy atom. The molecule has 126 valence electrons. The number of rotatable bonds is 3. The molecule has 0 atom stereocenters. The molecule has 7 nitrogen and oxygen atoms in total. The Balaban J connectivity index is 2.02. The number of benzene rings is 1. The molecule has 9 heteroatoms. The lowest BCUT2D eigenvalue weighted by Crippen LogP contribution is -2.31. The van der Waals surface area contributed by atoms with E-state index in [-0.39, 0.29) is 27.0 Å². The number of halogens is 2. The molecule has 0 aliphatic carbocycles. The highest BCUT2D eigenvalue weighted by Crippen LogP contribution is 2.22. The highest BCUT2D eigenvalue weighted by Gasteiger charge is 2.14. The van der Waals surface area contributed by atoms with E-state index in [1.807, 2.05) is 0 Å². The number of urea groups is 1. The van der Waals surface area contributed by atoms with Gasteiger partial charge in [0.1, 0.15) is 22.2 Å². The van der Waals surface area contributed by atoms with Crippen LogP contribution in [-0.4, -0.2) is 17.2 Å². The van der Waals surface area contributed by atoms with E-state index in [0.717, 1.165) is 5.01 Å². The molecular weight excluding hydrogens is 367 g/mol. The average Bonchev–Trinajstić information content (AvgIpc) is 2.56. The number of nitrogens with two attached hydrogens (primary N) is 1. The number of primary amides is 1. The summed E-state index contributed by atoms with van der Waals surface area (Å²) in [6.07, 6.45) is 2.42. The molecular formula is C16H10Cl2N4O3. The SMILES string of the molecule is NC(=O)N(/N=C/c1coc2ccccc2c1=O)c1cc(Cl)nc(Cl)c1. The maximum atomic E-state index is 12.4. The van der Waals surface area contributed by atoms with Crippen LogP contribution in [-0.2, 0) is 0 Å². The fourth-order valence-corrected chi connectivity index (χ4v) is 2.58. The zero-order valence-corrected chi connectivity index (χ0v) is 14.0. The van der Waals surface area contributed by atoms with Gasteiger partial charge in [0.25, 0.3) is 0 Å². The van der Waals surface area contributed by atoms with Crippen molar-refractivity contribution < 1.29 is 9.21 Å². The number of carbonyl (C=O) groups excluding carboxylic acids is 1. The fourth-order valence-electron chi connectivity index (χ4n) is 2.13. The Kier molecular flexibility index (Phi) is 4.69. The summed E-state index contributed by atoms with van der Waals surface area (Å²) >= 11 is 11.6. The summed E-state index contributed by atoms with van der Waals surface area (Å²) in [4.78, 5) is 27.9. The van der Waals surface area contributed by atoms with Crippen molar-refractivity contribution >= 4 is 52.1 Å². The van der Waals surface area contributed by atoms with Crippen LogP contribution in [0.3, 0.4) is 0 Å². The molecule has 3 rings (SSSR count). The lowest BCUT2D eigenvalue weighted by atomic mass is 10.2. The molecule has 2 aromatic heterocycles. The van der Waals surface area contributed by atoms with Crippen LogP contribution in [0.15, 0.2) is 57.0 Å². The normalized spacial score (nSPS) is 11.1. The smallest absolute Gasteiger partial charge is 0.340 e. The van der Waals surface area contributed by atoms with Crippen molar-refractivity contribution in [3.8, 4) is 0 Å². The van der Waals surface area contributed by atoms with Crippen LogP contribution >= 0.6 is 23.2 Å². The Bertz CT molecular complexity index is 1030. The van der Waals surface area contributed by atoms with Crippen LogP contribution in [0.4, 0.5) is 10.5 Å². The maximum absolute atomic E-state index is 12.4. The topological polar surface area (TPSA) is 102 Å². The van der Waals surface area contributed by atoms with E-state index in [0.29, 0.717) is 11.0 Å². The van der Waals surface area contributed by atoms with Gasteiger partial charge in [0.2, 0.25) is 5.43 Å². The predicted octanol–water partition coefficient (Wildman–Crippen LogP) is 3.41. The van der Waals surface area contributed by atoms with E-state index in [1.54, 1.807) is 24.3 Å². The lowest BCUT2D eigenvalue weighted by molar-refractivity contribution is 0.254. The van der Waals surface area contributed by atoms with Gasteiger partial charge in [-0.15, -0.1) is 0 Å². The summed E-state index contributed by atoms with van der Waals surface area (Å²) in [5, 5.41) is 5.31. The van der Waals surface area contributed by atoms with E-state index in [4.69, 9.17) is 33.4 Å². The summed E-state index contributed by atoms with van der Waals surface area (Å²) in [6.45, 7) is 0. The summed E-state index contributed by atoms with van der Waals surface area (Å²) in [7, 11) is 0. The zero-order chi connectivity index (χ0) is 18.0. The monoisotopic (exact) mass is 376 g/mol. The van der Waals surface area contributed by atoms with Gasteiger partial charge >= 0.3 is 6.03 Å². The van der Waals surface area contributed by atoms with Gasteiger partial charge in [-0.3, -0.25) is 4.79 Å². The minimum absolute atomic E-state index is 0.0640. The number of carbonyl (C=O) groups is 1. The highest BCUT2D eigenvalue weighted by molar-refractivity contribution is 6.33. The molecule has 0 saturated heterocycles. The van der Waals surface area contributed by atoms with Crippen LogP contribution in [0, 0.1) is 0 Å². The first kappa shape index (κ1) is 16.9. The molecule has 0 unspecified atom stereocenters. The fraction of sp³-hybridized carbons (Fsp3) is 0. The number of fused-ring (bicyclic) bond motifs is 1. The summed E-state index contributed by atoms with van der Waals surface area (Å²) < 4.78 is 5.38. The number of amides is 2. The molecule has 0 radical (unpaired) electrons. The van der Waals surface area contributed by atoms with Crippen LogP contribution in [0.2, 0.25) is 10.3 Å². The Morgan fingerprint density at radius 3 is 2.60 bits per heavy atom.